The Bertz CT molecular complexity index is 1110. The molecule has 0 radical (unpaired) electrons. The minimum absolute atomic E-state index is 0.201. The van der Waals surface area contributed by atoms with E-state index < -0.39 is 0 Å². The Morgan fingerprint density at radius 3 is 2.53 bits per heavy atom. The van der Waals surface area contributed by atoms with Crippen LogP contribution in [0.2, 0.25) is 0 Å². The number of rotatable bonds is 4. The number of nitrogens with zero attached hydrogens (tertiary/aromatic N) is 1. The van der Waals surface area contributed by atoms with E-state index in [0.717, 1.165) is 23.1 Å². The summed E-state index contributed by atoms with van der Waals surface area (Å²) in [7, 11) is 0. The zero-order valence-electron chi connectivity index (χ0n) is 17.1. The zero-order chi connectivity index (χ0) is 21.1. The largest absolute Gasteiger partial charge is 0.465 e. The quantitative estimate of drug-likeness (QED) is 0.666. The summed E-state index contributed by atoms with van der Waals surface area (Å²) in [5, 5.41) is 2.81. The molecule has 0 saturated heterocycles. The van der Waals surface area contributed by atoms with E-state index in [1.54, 1.807) is 29.2 Å². The number of amides is 2. The molecule has 0 saturated carbocycles. The minimum Gasteiger partial charge on any atom is -0.465 e. The van der Waals surface area contributed by atoms with Crippen LogP contribution < -0.4 is 5.32 Å². The Kier molecular flexibility index (Phi) is 5.53. The zero-order valence-corrected chi connectivity index (χ0v) is 17.1. The summed E-state index contributed by atoms with van der Waals surface area (Å²) in [6, 6.07) is 17.1. The van der Waals surface area contributed by atoms with Gasteiger partial charge >= 0.3 is 0 Å². The first-order chi connectivity index (χ1) is 14.5. The van der Waals surface area contributed by atoms with E-state index in [2.05, 4.69) is 11.4 Å². The van der Waals surface area contributed by atoms with Crippen LogP contribution in [0.3, 0.4) is 0 Å². The predicted molar refractivity (Wildman–Crippen MR) is 116 cm³/mol. The highest BCUT2D eigenvalue weighted by Crippen LogP contribution is 2.21. The molecule has 4 rings (SSSR count). The van der Waals surface area contributed by atoms with E-state index in [4.69, 9.17) is 4.42 Å². The summed E-state index contributed by atoms with van der Waals surface area (Å²) in [6.45, 7) is 5.08. The molecule has 1 N–H and O–H groups in total. The Hall–Kier alpha value is -3.60. The van der Waals surface area contributed by atoms with Gasteiger partial charge < -0.3 is 14.6 Å². The number of hydrogen-bond donors (Lipinski definition) is 1. The number of carbonyl (C=O) groups is 2. The van der Waals surface area contributed by atoms with Gasteiger partial charge in [0, 0.05) is 24.7 Å². The van der Waals surface area contributed by atoms with Crippen LogP contribution in [0.15, 0.2) is 71.0 Å². The predicted octanol–water partition coefficient (Wildman–Crippen LogP) is 4.25. The summed E-state index contributed by atoms with van der Waals surface area (Å²) in [6.07, 6.45) is 3.92. The molecule has 1 aromatic heterocycles. The third-order valence-corrected chi connectivity index (χ3v) is 5.50. The van der Waals surface area contributed by atoms with Gasteiger partial charge in [-0.15, -0.1) is 0 Å². The van der Waals surface area contributed by atoms with Crippen molar-refractivity contribution in [3.63, 3.8) is 0 Å². The van der Waals surface area contributed by atoms with Gasteiger partial charge in [0.05, 0.1) is 6.26 Å². The fraction of sp³-hybridized carbons (Fsp3) is 0.200. The van der Waals surface area contributed by atoms with Gasteiger partial charge in [0.2, 0.25) is 0 Å². The summed E-state index contributed by atoms with van der Waals surface area (Å²) in [5.41, 5.74) is 5.25. The molecule has 0 aliphatic carbocycles. The second-order valence-corrected chi connectivity index (χ2v) is 7.57. The Labute approximate surface area is 176 Å². The molecule has 0 bridgehead atoms. The van der Waals surface area contributed by atoms with Gasteiger partial charge in [-0.3, -0.25) is 9.59 Å². The molecule has 0 atom stereocenters. The fourth-order valence-corrected chi connectivity index (χ4v) is 3.58. The second kappa shape index (κ2) is 8.41. The van der Waals surface area contributed by atoms with Crippen molar-refractivity contribution in [2.45, 2.75) is 26.8 Å². The normalized spacial score (nSPS) is 13.7. The third kappa shape index (κ3) is 4.20. The third-order valence-electron chi connectivity index (χ3n) is 5.50. The van der Waals surface area contributed by atoms with Crippen molar-refractivity contribution >= 4 is 17.9 Å². The lowest BCUT2D eigenvalue weighted by Gasteiger charge is -2.29. The maximum absolute atomic E-state index is 13.3. The van der Waals surface area contributed by atoms with Gasteiger partial charge in [0.25, 0.3) is 11.8 Å². The van der Waals surface area contributed by atoms with Crippen LogP contribution in [0.25, 0.3) is 6.08 Å². The average molecular weight is 400 g/mol. The van der Waals surface area contributed by atoms with Crippen molar-refractivity contribution in [2.24, 2.45) is 0 Å². The first kappa shape index (κ1) is 19.7. The molecule has 5 heteroatoms. The van der Waals surface area contributed by atoms with Gasteiger partial charge in [0.15, 0.2) is 0 Å². The lowest BCUT2D eigenvalue weighted by molar-refractivity contribution is -0.128. The molecule has 0 unspecified atom stereocenters. The van der Waals surface area contributed by atoms with Crippen LogP contribution in [0.4, 0.5) is 0 Å². The molecular weight excluding hydrogens is 376 g/mol. The summed E-state index contributed by atoms with van der Waals surface area (Å²) < 4.78 is 5.38. The minimum atomic E-state index is -0.318. The van der Waals surface area contributed by atoms with Crippen LogP contribution >= 0.6 is 0 Å². The number of carbonyl (C=O) groups excluding carboxylic acids is 2. The summed E-state index contributed by atoms with van der Waals surface area (Å²) in [5.74, 6) is -0.0316. The van der Waals surface area contributed by atoms with Crippen molar-refractivity contribution in [2.75, 3.05) is 6.54 Å². The highest BCUT2D eigenvalue weighted by atomic mass is 16.3. The van der Waals surface area contributed by atoms with Gasteiger partial charge in [-0.2, -0.15) is 0 Å². The van der Waals surface area contributed by atoms with Gasteiger partial charge in [-0.05, 0) is 66.8 Å². The smallest absolute Gasteiger partial charge is 0.270 e. The molecule has 30 heavy (non-hydrogen) atoms. The number of fused-ring (bicyclic) bond motifs is 1. The van der Waals surface area contributed by atoms with Gasteiger partial charge in [-0.25, -0.2) is 0 Å². The van der Waals surface area contributed by atoms with E-state index in [1.807, 2.05) is 44.2 Å². The van der Waals surface area contributed by atoms with E-state index >= 15 is 0 Å². The fourth-order valence-electron chi connectivity index (χ4n) is 3.58. The van der Waals surface area contributed by atoms with E-state index in [-0.39, 0.29) is 17.5 Å². The van der Waals surface area contributed by atoms with Crippen LogP contribution in [-0.2, 0) is 17.8 Å². The molecular formula is C25H24N2O3. The molecule has 2 amide bonds. The van der Waals surface area contributed by atoms with Crippen molar-refractivity contribution in [3.8, 4) is 0 Å². The summed E-state index contributed by atoms with van der Waals surface area (Å²) >= 11 is 0. The van der Waals surface area contributed by atoms with Gasteiger partial charge in [-0.1, -0.05) is 30.3 Å². The Balaban J connectivity index is 1.59. The number of furan rings is 1. The number of aryl methyl sites for hydroxylation is 2. The van der Waals surface area contributed by atoms with Crippen molar-refractivity contribution in [3.05, 3.63) is 100 Å². The lowest BCUT2D eigenvalue weighted by Crippen LogP contribution is -2.41. The van der Waals surface area contributed by atoms with E-state index in [9.17, 15) is 9.59 Å². The number of nitrogens with one attached hydrogen (secondary N) is 1. The molecule has 1 aliphatic heterocycles. The number of hydrogen-bond acceptors (Lipinski definition) is 3. The van der Waals surface area contributed by atoms with Crippen LogP contribution in [0.5, 0.6) is 0 Å². The molecule has 3 aromatic rings. The second-order valence-electron chi connectivity index (χ2n) is 7.57. The first-order valence-electron chi connectivity index (χ1n) is 10.0. The van der Waals surface area contributed by atoms with Crippen molar-refractivity contribution < 1.29 is 14.0 Å². The molecule has 0 fully saturated rings. The highest BCUT2D eigenvalue weighted by molar-refractivity contribution is 6.05. The van der Waals surface area contributed by atoms with E-state index in [0.29, 0.717) is 24.4 Å². The molecule has 1 aliphatic rings. The lowest BCUT2D eigenvalue weighted by atomic mass is 9.99. The van der Waals surface area contributed by atoms with Crippen LogP contribution in [0.1, 0.15) is 38.4 Å². The van der Waals surface area contributed by atoms with E-state index in [1.165, 1.54) is 11.8 Å². The SMILES string of the molecule is Cc1ccc(C(=O)N/C(=C\c2ccco2)C(=O)N2CCc3ccccc3C2)cc1C. The monoisotopic (exact) mass is 400 g/mol. The molecule has 2 heterocycles. The molecule has 152 valence electrons. The topological polar surface area (TPSA) is 62.6 Å². The van der Waals surface area contributed by atoms with Crippen molar-refractivity contribution in [1.82, 2.24) is 10.2 Å². The highest BCUT2D eigenvalue weighted by Gasteiger charge is 2.25. The maximum atomic E-state index is 13.3. The molecule has 5 nitrogen and oxygen atoms in total. The number of benzene rings is 2. The molecule has 0 spiro atoms. The average Bonchev–Trinajstić information content (AvgIpc) is 3.27. The maximum Gasteiger partial charge on any atom is 0.270 e. The Morgan fingerprint density at radius 2 is 1.80 bits per heavy atom. The van der Waals surface area contributed by atoms with Crippen molar-refractivity contribution in [1.29, 1.82) is 0 Å². The van der Waals surface area contributed by atoms with Crippen LogP contribution in [0, 0.1) is 13.8 Å². The molecule has 2 aromatic carbocycles. The summed E-state index contributed by atoms with van der Waals surface area (Å²) in [4.78, 5) is 28.0. The first-order valence-corrected chi connectivity index (χ1v) is 10.0. The van der Waals surface area contributed by atoms with Gasteiger partial charge in [0.1, 0.15) is 11.5 Å². The van der Waals surface area contributed by atoms with Crippen LogP contribution in [-0.4, -0.2) is 23.3 Å². The Morgan fingerprint density at radius 1 is 1.00 bits per heavy atom. The standard InChI is InChI=1S/C25H24N2O3/c1-17-9-10-20(14-18(17)2)24(28)26-23(15-22-8-5-13-30-22)25(29)27-12-11-19-6-3-4-7-21(19)16-27/h3-10,13-15H,11-12,16H2,1-2H3,(H,26,28)/b23-15-.